The van der Waals surface area contributed by atoms with Gasteiger partial charge in [0.25, 0.3) is 0 Å². The van der Waals surface area contributed by atoms with Gasteiger partial charge in [-0.05, 0) is 24.4 Å². The highest BCUT2D eigenvalue weighted by Crippen LogP contribution is 2.29. The number of benzene rings is 2. The second-order valence-corrected chi connectivity index (χ2v) is 5.38. The Balaban J connectivity index is 2.38. The Kier molecular flexibility index (Phi) is 4.37. The van der Waals surface area contributed by atoms with E-state index in [1.807, 2.05) is 24.3 Å². The fraction of sp³-hybridized carbons (Fsp3) is 0.267. The number of halogens is 3. The lowest BCUT2D eigenvalue weighted by Crippen LogP contribution is -2.24. The molecule has 1 atom stereocenters. The summed E-state index contributed by atoms with van der Waals surface area (Å²) >= 11 is 5.00. The molecule has 0 spiro atoms. The lowest BCUT2D eigenvalue weighted by molar-refractivity contribution is -0.136. The van der Waals surface area contributed by atoms with Crippen LogP contribution in [0.25, 0.3) is 10.8 Å². The molecular formula is C15H15F3N2S. The maximum Gasteiger partial charge on any atom is 0.391 e. The van der Waals surface area contributed by atoms with Crippen molar-refractivity contribution in [3.05, 3.63) is 42.0 Å². The Morgan fingerprint density at radius 3 is 2.38 bits per heavy atom. The van der Waals surface area contributed by atoms with Crippen molar-refractivity contribution in [2.24, 2.45) is 5.73 Å². The Bertz CT molecular complexity index is 668. The summed E-state index contributed by atoms with van der Waals surface area (Å²) < 4.78 is 37.3. The van der Waals surface area contributed by atoms with E-state index in [2.05, 4.69) is 5.32 Å². The molecule has 0 radical (unpaired) electrons. The third kappa shape index (κ3) is 3.85. The van der Waals surface area contributed by atoms with Crippen LogP contribution in [-0.4, -0.2) is 17.2 Å². The summed E-state index contributed by atoms with van der Waals surface area (Å²) in [4.78, 5) is 0.265. The van der Waals surface area contributed by atoms with Crippen LogP contribution in [-0.2, 0) is 0 Å². The van der Waals surface area contributed by atoms with Crippen molar-refractivity contribution in [1.29, 1.82) is 0 Å². The fourth-order valence-electron chi connectivity index (χ4n) is 2.30. The van der Waals surface area contributed by atoms with Crippen molar-refractivity contribution in [2.45, 2.75) is 25.6 Å². The Labute approximate surface area is 126 Å². The number of nitrogens with two attached hydrogens (primary N) is 1. The summed E-state index contributed by atoms with van der Waals surface area (Å²) in [5.74, 6) is 0. The molecule has 0 saturated carbocycles. The second kappa shape index (κ2) is 5.89. The lowest BCUT2D eigenvalue weighted by atomic mass is 10.0. The smallest absolute Gasteiger partial charge is 0.389 e. The van der Waals surface area contributed by atoms with E-state index in [-0.39, 0.29) is 4.99 Å². The van der Waals surface area contributed by atoms with Crippen LogP contribution in [0.1, 0.15) is 18.9 Å². The first-order valence-corrected chi connectivity index (χ1v) is 6.83. The van der Waals surface area contributed by atoms with Gasteiger partial charge in [-0.25, -0.2) is 0 Å². The van der Waals surface area contributed by atoms with E-state index in [0.717, 1.165) is 16.3 Å². The highest BCUT2D eigenvalue weighted by molar-refractivity contribution is 7.80. The van der Waals surface area contributed by atoms with Crippen molar-refractivity contribution in [1.82, 2.24) is 0 Å². The van der Waals surface area contributed by atoms with Gasteiger partial charge in [0.15, 0.2) is 0 Å². The number of alkyl halides is 3. The molecule has 0 fully saturated rings. The maximum absolute atomic E-state index is 12.4. The average Bonchev–Trinajstić information content (AvgIpc) is 2.36. The van der Waals surface area contributed by atoms with Gasteiger partial charge in [0, 0.05) is 22.7 Å². The molecule has 0 aromatic heterocycles. The minimum Gasteiger partial charge on any atom is -0.389 e. The number of hydrogen-bond acceptors (Lipinski definition) is 2. The SMILES string of the molecule is CC(CC(F)(F)F)Nc1ccc(C(N)=S)c2ccccc12. The maximum atomic E-state index is 12.4. The van der Waals surface area contributed by atoms with E-state index >= 15 is 0 Å². The summed E-state index contributed by atoms with van der Waals surface area (Å²) in [7, 11) is 0. The molecule has 0 aliphatic heterocycles. The molecule has 0 heterocycles. The first-order chi connectivity index (χ1) is 9.78. The monoisotopic (exact) mass is 312 g/mol. The van der Waals surface area contributed by atoms with Crippen LogP contribution < -0.4 is 11.1 Å². The molecule has 6 heteroatoms. The highest BCUT2D eigenvalue weighted by Gasteiger charge is 2.30. The summed E-state index contributed by atoms with van der Waals surface area (Å²) in [6.07, 6.45) is -5.08. The highest BCUT2D eigenvalue weighted by atomic mass is 32.1. The normalized spacial score (nSPS) is 13.1. The molecule has 2 nitrogen and oxygen atoms in total. The van der Waals surface area contributed by atoms with Gasteiger partial charge >= 0.3 is 6.18 Å². The van der Waals surface area contributed by atoms with Gasteiger partial charge in [-0.1, -0.05) is 36.5 Å². The lowest BCUT2D eigenvalue weighted by Gasteiger charge is -2.19. The first-order valence-electron chi connectivity index (χ1n) is 6.43. The van der Waals surface area contributed by atoms with Crippen molar-refractivity contribution in [2.75, 3.05) is 5.32 Å². The number of anilines is 1. The summed E-state index contributed by atoms with van der Waals surface area (Å²) in [6, 6.07) is 10.1. The standard InChI is InChI=1S/C15H15F3N2S/c1-9(8-15(16,17)18)20-13-7-6-12(14(19)21)10-4-2-3-5-11(10)13/h2-7,9,20H,8H2,1H3,(H2,19,21). The molecule has 2 aromatic carbocycles. The predicted molar refractivity (Wildman–Crippen MR) is 83.6 cm³/mol. The van der Waals surface area contributed by atoms with Crippen LogP contribution >= 0.6 is 12.2 Å². The van der Waals surface area contributed by atoms with E-state index in [4.69, 9.17) is 18.0 Å². The number of fused-ring (bicyclic) bond motifs is 1. The quantitative estimate of drug-likeness (QED) is 0.830. The van der Waals surface area contributed by atoms with Gasteiger partial charge in [-0.3, -0.25) is 0 Å². The molecule has 21 heavy (non-hydrogen) atoms. The Morgan fingerprint density at radius 2 is 1.81 bits per heavy atom. The molecular weight excluding hydrogens is 297 g/mol. The van der Waals surface area contributed by atoms with Crippen LogP contribution in [0.3, 0.4) is 0 Å². The first kappa shape index (κ1) is 15.6. The summed E-state index contributed by atoms with van der Waals surface area (Å²) in [5, 5.41) is 4.53. The van der Waals surface area contributed by atoms with Crippen LogP contribution in [0, 0.1) is 0 Å². The molecule has 112 valence electrons. The van der Waals surface area contributed by atoms with Crippen molar-refractivity contribution in [3.8, 4) is 0 Å². The van der Waals surface area contributed by atoms with Crippen molar-refractivity contribution >= 4 is 33.7 Å². The molecule has 0 bridgehead atoms. The van der Waals surface area contributed by atoms with Gasteiger partial charge < -0.3 is 11.1 Å². The number of thiocarbonyl (C=S) groups is 1. The van der Waals surface area contributed by atoms with Gasteiger partial charge in [0.05, 0.1) is 6.42 Å². The number of rotatable bonds is 4. The van der Waals surface area contributed by atoms with Crippen LogP contribution in [0.5, 0.6) is 0 Å². The van der Waals surface area contributed by atoms with E-state index < -0.39 is 18.6 Å². The zero-order chi connectivity index (χ0) is 15.6. The minimum absolute atomic E-state index is 0.265. The van der Waals surface area contributed by atoms with Gasteiger partial charge in [-0.2, -0.15) is 13.2 Å². The largest absolute Gasteiger partial charge is 0.391 e. The Morgan fingerprint density at radius 1 is 1.19 bits per heavy atom. The summed E-state index contributed by atoms with van der Waals surface area (Å²) in [6.45, 7) is 1.50. The molecule has 0 amide bonds. The summed E-state index contributed by atoms with van der Waals surface area (Å²) in [5.41, 5.74) is 7.04. The van der Waals surface area contributed by atoms with E-state index in [0.29, 0.717) is 5.69 Å². The molecule has 2 aromatic rings. The molecule has 0 aliphatic rings. The molecule has 2 rings (SSSR count). The zero-order valence-electron chi connectivity index (χ0n) is 11.4. The van der Waals surface area contributed by atoms with E-state index in [1.54, 1.807) is 12.1 Å². The van der Waals surface area contributed by atoms with Gasteiger partial charge in [-0.15, -0.1) is 0 Å². The minimum atomic E-state index is -4.19. The number of hydrogen-bond donors (Lipinski definition) is 2. The van der Waals surface area contributed by atoms with Crippen LogP contribution in [0.2, 0.25) is 0 Å². The van der Waals surface area contributed by atoms with E-state index in [1.165, 1.54) is 6.92 Å². The Hall–Kier alpha value is -1.82. The predicted octanol–water partition coefficient (Wildman–Crippen LogP) is 4.23. The zero-order valence-corrected chi connectivity index (χ0v) is 12.2. The average molecular weight is 312 g/mol. The van der Waals surface area contributed by atoms with Gasteiger partial charge in [0.2, 0.25) is 0 Å². The molecule has 3 N–H and O–H groups in total. The topological polar surface area (TPSA) is 38.0 Å². The third-order valence-corrected chi connectivity index (χ3v) is 3.35. The molecule has 1 unspecified atom stereocenters. The second-order valence-electron chi connectivity index (χ2n) is 4.94. The van der Waals surface area contributed by atoms with Crippen molar-refractivity contribution < 1.29 is 13.2 Å². The molecule has 0 aliphatic carbocycles. The van der Waals surface area contributed by atoms with Crippen LogP contribution in [0.4, 0.5) is 18.9 Å². The molecule has 0 saturated heterocycles. The van der Waals surface area contributed by atoms with Crippen molar-refractivity contribution in [3.63, 3.8) is 0 Å². The van der Waals surface area contributed by atoms with E-state index in [9.17, 15) is 13.2 Å². The third-order valence-electron chi connectivity index (χ3n) is 3.13. The number of nitrogens with one attached hydrogen (secondary N) is 1. The van der Waals surface area contributed by atoms with Gasteiger partial charge in [0.1, 0.15) is 4.99 Å². The van der Waals surface area contributed by atoms with Crippen LogP contribution in [0.15, 0.2) is 36.4 Å². The fourth-order valence-corrected chi connectivity index (χ4v) is 2.48.